The van der Waals surface area contributed by atoms with Crippen molar-refractivity contribution in [1.29, 1.82) is 0 Å². The van der Waals surface area contributed by atoms with Crippen LogP contribution < -0.4 is 10.1 Å². The van der Waals surface area contributed by atoms with Gasteiger partial charge >= 0.3 is 0 Å². The summed E-state index contributed by atoms with van der Waals surface area (Å²) in [5.74, 6) is -0.491. The average molecular weight is 395 g/mol. The highest BCUT2D eigenvalue weighted by Crippen LogP contribution is 2.25. The number of carbonyl (C=O) groups excluding carboxylic acids is 3. The Labute approximate surface area is 170 Å². The highest BCUT2D eigenvalue weighted by Gasteiger charge is 2.40. The highest BCUT2D eigenvalue weighted by atomic mass is 16.5. The minimum absolute atomic E-state index is 0.0702. The van der Waals surface area contributed by atoms with Gasteiger partial charge in [0.15, 0.2) is 0 Å². The van der Waals surface area contributed by atoms with Crippen LogP contribution in [0.4, 0.5) is 0 Å². The van der Waals surface area contributed by atoms with Crippen LogP contribution in [0.1, 0.15) is 39.2 Å². The maximum Gasteiger partial charge on any atom is 0.262 e. The third-order valence-corrected chi connectivity index (χ3v) is 5.19. The van der Waals surface area contributed by atoms with Gasteiger partial charge in [-0.2, -0.15) is 0 Å². The van der Waals surface area contributed by atoms with Gasteiger partial charge in [0.1, 0.15) is 11.8 Å². The van der Waals surface area contributed by atoms with Gasteiger partial charge in [-0.15, -0.1) is 0 Å². The summed E-state index contributed by atoms with van der Waals surface area (Å²) in [5, 5.41) is 2.88. The van der Waals surface area contributed by atoms with E-state index in [0.29, 0.717) is 17.7 Å². The molecule has 0 spiro atoms. The van der Waals surface area contributed by atoms with E-state index in [1.54, 1.807) is 38.3 Å². The normalized spacial score (nSPS) is 15.3. The fourth-order valence-corrected chi connectivity index (χ4v) is 3.45. The lowest BCUT2D eigenvalue weighted by Gasteiger charge is -2.27. The van der Waals surface area contributed by atoms with Crippen LogP contribution in [0.25, 0.3) is 0 Å². The van der Waals surface area contributed by atoms with Crippen molar-refractivity contribution < 1.29 is 19.1 Å². The third kappa shape index (κ3) is 4.00. The summed E-state index contributed by atoms with van der Waals surface area (Å²) in [5.41, 5.74) is 1.69. The summed E-state index contributed by atoms with van der Waals surface area (Å²) in [7, 11) is 5.46. The molecule has 2 aromatic carbocycles. The molecule has 3 rings (SSSR count). The van der Waals surface area contributed by atoms with Crippen LogP contribution in [0, 0.1) is 0 Å². The number of fused-ring (bicyclic) bond motifs is 1. The molecule has 1 heterocycles. The Hall–Kier alpha value is -3.19. The lowest BCUT2D eigenvalue weighted by Crippen LogP contribution is -2.49. The monoisotopic (exact) mass is 395 g/mol. The van der Waals surface area contributed by atoms with Gasteiger partial charge in [-0.05, 0) is 50.8 Å². The first-order valence-electron chi connectivity index (χ1n) is 9.40. The van der Waals surface area contributed by atoms with Crippen molar-refractivity contribution in [1.82, 2.24) is 15.1 Å². The fourth-order valence-electron chi connectivity index (χ4n) is 3.45. The number of hydrogen-bond acceptors (Lipinski definition) is 5. The molecule has 1 aliphatic rings. The Morgan fingerprint density at radius 3 is 2.07 bits per heavy atom. The SMILES string of the molecule is COc1ccc(C(CNC(=O)C(C)N2C(=O)c3ccccc3C2=O)N(C)C)cc1. The number of likely N-dealkylation sites (N-methyl/N-ethyl adjacent to an activating group) is 1. The molecule has 0 aliphatic carbocycles. The second-order valence-corrected chi connectivity index (χ2v) is 7.20. The number of amides is 3. The summed E-state index contributed by atoms with van der Waals surface area (Å²) < 4.78 is 5.19. The molecule has 7 nitrogen and oxygen atoms in total. The first-order valence-corrected chi connectivity index (χ1v) is 9.40. The number of carbonyl (C=O) groups is 3. The first kappa shape index (κ1) is 20.5. The van der Waals surface area contributed by atoms with Crippen molar-refractivity contribution in [3.63, 3.8) is 0 Å². The second-order valence-electron chi connectivity index (χ2n) is 7.20. The van der Waals surface area contributed by atoms with Gasteiger partial charge in [-0.3, -0.25) is 19.3 Å². The molecule has 2 unspecified atom stereocenters. The highest BCUT2D eigenvalue weighted by molar-refractivity contribution is 6.22. The quantitative estimate of drug-likeness (QED) is 0.727. The molecule has 1 aliphatic heterocycles. The van der Waals surface area contributed by atoms with Crippen LogP contribution in [0.5, 0.6) is 5.75 Å². The van der Waals surface area contributed by atoms with E-state index >= 15 is 0 Å². The summed E-state index contributed by atoms with van der Waals surface area (Å²) in [6.45, 7) is 1.90. The Kier molecular flexibility index (Phi) is 5.98. The van der Waals surface area contributed by atoms with E-state index in [-0.39, 0.29) is 11.9 Å². The molecule has 1 N–H and O–H groups in total. The van der Waals surface area contributed by atoms with E-state index in [1.165, 1.54) is 0 Å². The molecule has 0 saturated heterocycles. The molecule has 3 amide bonds. The van der Waals surface area contributed by atoms with Gasteiger partial charge < -0.3 is 15.0 Å². The van der Waals surface area contributed by atoms with Crippen LogP contribution in [0.2, 0.25) is 0 Å². The van der Waals surface area contributed by atoms with Gasteiger partial charge in [0.25, 0.3) is 11.8 Å². The van der Waals surface area contributed by atoms with Crippen molar-refractivity contribution in [2.24, 2.45) is 0 Å². The van der Waals surface area contributed by atoms with E-state index in [0.717, 1.165) is 16.2 Å². The lowest BCUT2D eigenvalue weighted by atomic mass is 10.1. The zero-order valence-electron chi connectivity index (χ0n) is 17.0. The molecule has 152 valence electrons. The topological polar surface area (TPSA) is 79.0 Å². The largest absolute Gasteiger partial charge is 0.497 e. The van der Waals surface area contributed by atoms with E-state index in [9.17, 15) is 14.4 Å². The molecule has 2 aromatic rings. The standard InChI is InChI=1S/C22H25N3O4/c1-14(25-21(27)17-7-5-6-8-18(17)22(25)28)20(26)23-13-19(24(2)3)15-9-11-16(29-4)12-10-15/h5-12,14,19H,13H2,1-4H3,(H,23,26). The molecule has 0 bridgehead atoms. The van der Waals surface area contributed by atoms with Gasteiger partial charge in [0.2, 0.25) is 5.91 Å². The van der Waals surface area contributed by atoms with Crippen LogP contribution in [0.3, 0.4) is 0 Å². The van der Waals surface area contributed by atoms with E-state index < -0.39 is 17.9 Å². The maximum absolute atomic E-state index is 12.7. The molecule has 29 heavy (non-hydrogen) atoms. The van der Waals surface area contributed by atoms with Crippen LogP contribution in [0.15, 0.2) is 48.5 Å². The minimum atomic E-state index is -0.902. The number of hydrogen-bond donors (Lipinski definition) is 1. The molecule has 0 saturated carbocycles. The molecule has 2 atom stereocenters. The van der Waals surface area contributed by atoms with Crippen LogP contribution in [-0.4, -0.2) is 61.3 Å². The van der Waals surface area contributed by atoms with E-state index in [1.807, 2.05) is 43.3 Å². The Bertz CT molecular complexity index is 889. The van der Waals surface area contributed by atoms with E-state index in [2.05, 4.69) is 5.32 Å². The lowest BCUT2D eigenvalue weighted by molar-refractivity contribution is -0.124. The zero-order valence-corrected chi connectivity index (χ0v) is 17.0. The Balaban J connectivity index is 1.69. The van der Waals surface area contributed by atoms with E-state index in [4.69, 9.17) is 4.74 Å². The predicted molar refractivity (Wildman–Crippen MR) is 109 cm³/mol. The van der Waals surface area contributed by atoms with Crippen molar-refractivity contribution >= 4 is 17.7 Å². The average Bonchev–Trinajstić information content (AvgIpc) is 2.98. The summed E-state index contributed by atoms with van der Waals surface area (Å²) in [6, 6.07) is 13.3. The third-order valence-electron chi connectivity index (χ3n) is 5.19. The molecule has 0 radical (unpaired) electrons. The van der Waals surface area contributed by atoms with Gasteiger partial charge in [-0.25, -0.2) is 0 Å². The minimum Gasteiger partial charge on any atom is -0.497 e. The number of rotatable bonds is 7. The summed E-state index contributed by atoms with van der Waals surface area (Å²) >= 11 is 0. The number of benzene rings is 2. The van der Waals surface area contributed by atoms with Crippen molar-refractivity contribution in [3.8, 4) is 5.75 Å². The summed E-state index contributed by atoms with van der Waals surface area (Å²) in [4.78, 5) is 40.9. The molecule has 0 fully saturated rings. The number of ether oxygens (including phenoxy) is 1. The van der Waals surface area contributed by atoms with Gasteiger partial charge in [-0.1, -0.05) is 24.3 Å². The van der Waals surface area contributed by atoms with Crippen molar-refractivity contribution in [2.75, 3.05) is 27.7 Å². The fraction of sp³-hybridized carbons (Fsp3) is 0.318. The van der Waals surface area contributed by atoms with Gasteiger partial charge in [0, 0.05) is 6.54 Å². The maximum atomic E-state index is 12.7. The number of nitrogens with zero attached hydrogens (tertiary/aromatic N) is 2. The molecular formula is C22H25N3O4. The van der Waals surface area contributed by atoms with Crippen molar-refractivity contribution in [2.45, 2.75) is 19.0 Å². The molecular weight excluding hydrogens is 370 g/mol. The second kappa shape index (κ2) is 8.45. The smallest absolute Gasteiger partial charge is 0.262 e. The van der Waals surface area contributed by atoms with Crippen LogP contribution in [-0.2, 0) is 4.79 Å². The number of methoxy groups -OCH3 is 1. The predicted octanol–water partition coefficient (Wildman–Crippen LogP) is 2.10. The molecule has 7 heteroatoms. The Morgan fingerprint density at radius 2 is 1.59 bits per heavy atom. The first-order chi connectivity index (χ1) is 13.8. The molecule has 0 aromatic heterocycles. The van der Waals surface area contributed by atoms with Gasteiger partial charge in [0.05, 0.1) is 24.3 Å². The van der Waals surface area contributed by atoms with Crippen LogP contribution >= 0.6 is 0 Å². The number of nitrogens with one attached hydrogen (secondary N) is 1. The zero-order chi connectivity index (χ0) is 21.1. The summed E-state index contributed by atoms with van der Waals surface area (Å²) in [6.07, 6.45) is 0. The Morgan fingerprint density at radius 1 is 1.03 bits per heavy atom. The van der Waals surface area contributed by atoms with Crippen molar-refractivity contribution in [3.05, 3.63) is 65.2 Å². The number of imide groups is 1.